The SMILES string of the molecule is COc1cc2c(NSc3c(OC)cccc3OC)noc2cc1Nc1cc(C(C)C)[nH]n1. The summed E-state index contributed by atoms with van der Waals surface area (Å²) in [6.07, 6.45) is 0. The van der Waals surface area contributed by atoms with E-state index in [1.54, 1.807) is 21.3 Å². The largest absolute Gasteiger partial charge is 0.495 e. The summed E-state index contributed by atoms with van der Waals surface area (Å²) in [5.41, 5.74) is 2.37. The van der Waals surface area contributed by atoms with Crippen LogP contribution in [0.4, 0.5) is 17.3 Å². The van der Waals surface area contributed by atoms with Crippen molar-refractivity contribution in [2.75, 3.05) is 31.4 Å². The topological polar surface area (TPSA) is 106 Å². The van der Waals surface area contributed by atoms with Crippen molar-refractivity contribution < 1.29 is 18.7 Å². The van der Waals surface area contributed by atoms with Crippen LogP contribution in [0.5, 0.6) is 17.2 Å². The summed E-state index contributed by atoms with van der Waals surface area (Å²) in [6.45, 7) is 4.21. The Kier molecular flexibility index (Phi) is 6.31. The van der Waals surface area contributed by atoms with Crippen LogP contribution in [0.3, 0.4) is 0 Å². The van der Waals surface area contributed by atoms with Crippen LogP contribution < -0.4 is 24.2 Å². The highest BCUT2D eigenvalue weighted by molar-refractivity contribution is 8.00. The molecule has 2 heterocycles. The minimum atomic E-state index is 0.352. The number of fused-ring (bicyclic) bond motifs is 1. The van der Waals surface area contributed by atoms with Crippen LogP contribution in [-0.4, -0.2) is 36.7 Å². The normalized spacial score (nSPS) is 11.1. The second kappa shape index (κ2) is 9.31. The first-order valence-electron chi connectivity index (χ1n) is 9.97. The number of hydrogen-bond donors (Lipinski definition) is 3. The van der Waals surface area contributed by atoms with Crippen molar-refractivity contribution in [2.24, 2.45) is 0 Å². The van der Waals surface area contributed by atoms with E-state index in [1.165, 1.54) is 11.9 Å². The summed E-state index contributed by atoms with van der Waals surface area (Å²) in [4.78, 5) is 0.804. The summed E-state index contributed by atoms with van der Waals surface area (Å²) in [7, 11) is 4.85. The van der Waals surface area contributed by atoms with Crippen molar-refractivity contribution in [1.29, 1.82) is 0 Å². The average molecular weight is 456 g/mol. The maximum atomic E-state index is 5.60. The third-order valence-electron chi connectivity index (χ3n) is 4.91. The van der Waals surface area contributed by atoms with Gasteiger partial charge in [0.15, 0.2) is 17.2 Å². The van der Waals surface area contributed by atoms with Crippen LogP contribution in [0.1, 0.15) is 25.5 Å². The van der Waals surface area contributed by atoms with E-state index in [1.807, 2.05) is 36.4 Å². The molecule has 0 atom stereocenters. The Morgan fingerprint density at radius 1 is 1.00 bits per heavy atom. The second-order valence-electron chi connectivity index (χ2n) is 7.26. The van der Waals surface area contributed by atoms with Gasteiger partial charge in [0.2, 0.25) is 0 Å². The van der Waals surface area contributed by atoms with Gasteiger partial charge >= 0.3 is 0 Å². The standard InChI is InChI=1S/C22H25N5O4S/c1-12(2)14-11-20(25-24-14)23-15-10-18-13(9-19(15)30-5)22(26-31-18)27-32-21-16(28-3)7-6-8-17(21)29-4/h6-12H,1-5H3,(H,26,27)(H2,23,24,25). The summed E-state index contributed by atoms with van der Waals surface area (Å²) in [5.74, 6) is 3.63. The molecule has 0 saturated heterocycles. The van der Waals surface area contributed by atoms with Gasteiger partial charge in [-0.2, -0.15) is 5.10 Å². The number of rotatable bonds is 9. The van der Waals surface area contributed by atoms with E-state index < -0.39 is 0 Å². The average Bonchev–Trinajstić information content (AvgIpc) is 3.43. The van der Waals surface area contributed by atoms with Crippen molar-refractivity contribution >= 4 is 40.2 Å². The fourth-order valence-electron chi connectivity index (χ4n) is 3.16. The molecule has 2 aromatic carbocycles. The second-order valence-corrected chi connectivity index (χ2v) is 8.08. The molecule has 0 radical (unpaired) electrons. The highest BCUT2D eigenvalue weighted by atomic mass is 32.2. The Balaban J connectivity index is 1.60. The van der Waals surface area contributed by atoms with Crippen molar-refractivity contribution in [3.63, 3.8) is 0 Å². The quantitative estimate of drug-likeness (QED) is 0.279. The highest BCUT2D eigenvalue weighted by Crippen LogP contribution is 2.40. The zero-order valence-electron chi connectivity index (χ0n) is 18.5. The van der Waals surface area contributed by atoms with Gasteiger partial charge in [0.05, 0.1) is 32.4 Å². The molecule has 0 aliphatic carbocycles. The molecular weight excluding hydrogens is 430 g/mol. The molecule has 0 spiro atoms. The van der Waals surface area contributed by atoms with E-state index in [9.17, 15) is 0 Å². The number of ether oxygens (including phenoxy) is 3. The van der Waals surface area contributed by atoms with Gasteiger partial charge in [0.25, 0.3) is 0 Å². The van der Waals surface area contributed by atoms with Gasteiger partial charge in [-0.1, -0.05) is 25.1 Å². The van der Waals surface area contributed by atoms with Crippen LogP contribution in [0.15, 0.2) is 45.8 Å². The molecular formula is C22H25N5O4S. The zero-order chi connectivity index (χ0) is 22.7. The number of aromatic amines is 1. The molecule has 4 rings (SSSR count). The summed E-state index contributed by atoms with van der Waals surface area (Å²) in [5, 5.41) is 15.6. The first kappa shape index (κ1) is 21.7. The number of hydrogen-bond acceptors (Lipinski definition) is 9. The van der Waals surface area contributed by atoms with Gasteiger partial charge in [0.1, 0.15) is 22.1 Å². The maximum Gasteiger partial charge on any atom is 0.187 e. The van der Waals surface area contributed by atoms with Crippen LogP contribution in [0, 0.1) is 0 Å². The molecule has 2 aromatic heterocycles. The van der Waals surface area contributed by atoms with Gasteiger partial charge < -0.3 is 28.8 Å². The predicted molar refractivity (Wildman–Crippen MR) is 126 cm³/mol. The van der Waals surface area contributed by atoms with Gasteiger partial charge in [-0.15, -0.1) is 0 Å². The fourth-order valence-corrected chi connectivity index (χ4v) is 4.01. The molecule has 0 aliphatic heterocycles. The molecule has 4 aromatic rings. The predicted octanol–water partition coefficient (Wildman–Crippen LogP) is 5.56. The molecule has 0 bridgehead atoms. The summed E-state index contributed by atoms with van der Waals surface area (Å²) >= 11 is 1.33. The minimum absolute atomic E-state index is 0.352. The lowest BCUT2D eigenvalue weighted by Gasteiger charge is -2.12. The van der Waals surface area contributed by atoms with E-state index >= 15 is 0 Å². The Morgan fingerprint density at radius 3 is 2.34 bits per heavy atom. The number of nitrogens with one attached hydrogen (secondary N) is 3. The molecule has 9 nitrogen and oxygen atoms in total. The van der Waals surface area contributed by atoms with Crippen molar-refractivity contribution in [2.45, 2.75) is 24.7 Å². The van der Waals surface area contributed by atoms with Crippen LogP contribution in [0.25, 0.3) is 11.0 Å². The smallest absolute Gasteiger partial charge is 0.187 e. The molecule has 0 aliphatic rings. The molecule has 0 amide bonds. The zero-order valence-corrected chi connectivity index (χ0v) is 19.3. The number of nitrogens with zero attached hydrogens (tertiary/aromatic N) is 2. The van der Waals surface area contributed by atoms with E-state index in [4.69, 9.17) is 18.7 Å². The molecule has 168 valence electrons. The van der Waals surface area contributed by atoms with Crippen molar-refractivity contribution in [3.05, 3.63) is 42.1 Å². The third-order valence-corrected chi connectivity index (χ3v) is 5.81. The van der Waals surface area contributed by atoms with Gasteiger partial charge in [-0.3, -0.25) is 5.10 Å². The lowest BCUT2D eigenvalue weighted by atomic mass is 10.1. The molecule has 32 heavy (non-hydrogen) atoms. The van der Waals surface area contributed by atoms with Crippen LogP contribution in [0.2, 0.25) is 0 Å². The number of anilines is 3. The Labute approximate surface area is 189 Å². The van der Waals surface area contributed by atoms with Gasteiger partial charge in [-0.05, 0) is 36.1 Å². The van der Waals surface area contributed by atoms with E-state index in [-0.39, 0.29) is 0 Å². The Morgan fingerprint density at radius 2 is 1.72 bits per heavy atom. The first-order chi connectivity index (χ1) is 15.5. The lowest BCUT2D eigenvalue weighted by Crippen LogP contribution is -1.96. The van der Waals surface area contributed by atoms with E-state index in [0.717, 1.165) is 21.7 Å². The number of methoxy groups -OCH3 is 3. The van der Waals surface area contributed by atoms with E-state index in [2.05, 4.69) is 39.2 Å². The lowest BCUT2D eigenvalue weighted by molar-refractivity contribution is 0.376. The first-order valence-corrected chi connectivity index (χ1v) is 10.8. The van der Waals surface area contributed by atoms with Crippen LogP contribution >= 0.6 is 11.9 Å². The minimum Gasteiger partial charge on any atom is -0.495 e. The molecule has 0 unspecified atom stereocenters. The molecule has 10 heteroatoms. The fraction of sp³-hybridized carbons (Fsp3) is 0.273. The third kappa shape index (κ3) is 4.26. The maximum absolute atomic E-state index is 5.60. The summed E-state index contributed by atoms with van der Waals surface area (Å²) in [6, 6.07) is 11.3. The van der Waals surface area contributed by atoms with Crippen molar-refractivity contribution in [3.8, 4) is 17.2 Å². The molecule has 0 saturated carbocycles. The molecule has 3 N–H and O–H groups in total. The number of H-pyrrole nitrogens is 1. The highest BCUT2D eigenvalue weighted by Gasteiger charge is 2.17. The Hall–Kier alpha value is -3.53. The van der Waals surface area contributed by atoms with Gasteiger partial charge in [0, 0.05) is 17.8 Å². The van der Waals surface area contributed by atoms with Gasteiger partial charge in [-0.25, -0.2) is 0 Å². The monoisotopic (exact) mass is 455 g/mol. The van der Waals surface area contributed by atoms with E-state index in [0.29, 0.717) is 40.4 Å². The van der Waals surface area contributed by atoms with Crippen LogP contribution in [-0.2, 0) is 0 Å². The number of benzene rings is 2. The summed E-state index contributed by atoms with van der Waals surface area (Å²) < 4.78 is 25.3. The molecule has 0 fully saturated rings. The Bertz CT molecular complexity index is 1200. The van der Waals surface area contributed by atoms with Crippen molar-refractivity contribution in [1.82, 2.24) is 15.4 Å². The number of aromatic nitrogens is 3.